The predicted molar refractivity (Wildman–Crippen MR) is 126 cm³/mol. The van der Waals surface area contributed by atoms with E-state index in [2.05, 4.69) is 10.0 Å². The van der Waals surface area contributed by atoms with Gasteiger partial charge in [0.15, 0.2) is 0 Å². The van der Waals surface area contributed by atoms with Crippen LogP contribution in [0, 0.1) is 0 Å². The van der Waals surface area contributed by atoms with Gasteiger partial charge in [0.2, 0.25) is 10.0 Å². The van der Waals surface area contributed by atoms with Crippen molar-refractivity contribution in [2.45, 2.75) is 43.5 Å². The van der Waals surface area contributed by atoms with Crippen LogP contribution in [0.1, 0.15) is 48.5 Å². The van der Waals surface area contributed by atoms with Gasteiger partial charge in [-0.15, -0.1) is 0 Å². The number of nitrogens with one attached hydrogen (secondary N) is 2. The summed E-state index contributed by atoms with van der Waals surface area (Å²) >= 11 is 0. The van der Waals surface area contributed by atoms with E-state index in [1.54, 1.807) is 37.3 Å². The van der Waals surface area contributed by atoms with Gasteiger partial charge >= 0.3 is 5.97 Å². The van der Waals surface area contributed by atoms with Crippen molar-refractivity contribution in [1.29, 1.82) is 0 Å². The van der Waals surface area contributed by atoms with Gasteiger partial charge in [-0.3, -0.25) is 4.79 Å². The lowest BCUT2D eigenvalue weighted by Gasteiger charge is -2.16. The normalized spacial score (nSPS) is 14.4. The number of sulfonamides is 1. The molecule has 1 aliphatic carbocycles. The molecule has 0 heterocycles. The van der Waals surface area contributed by atoms with Gasteiger partial charge in [0.1, 0.15) is 10.6 Å². The van der Waals surface area contributed by atoms with Crippen LogP contribution in [0.25, 0.3) is 6.08 Å². The summed E-state index contributed by atoms with van der Waals surface area (Å²) in [6.07, 6.45) is 6.52. The van der Waals surface area contributed by atoms with Gasteiger partial charge in [0.25, 0.3) is 5.91 Å². The van der Waals surface area contributed by atoms with Gasteiger partial charge < -0.3 is 14.8 Å². The van der Waals surface area contributed by atoms with E-state index < -0.39 is 21.9 Å². The van der Waals surface area contributed by atoms with Crippen LogP contribution in [-0.2, 0) is 19.6 Å². The molecule has 0 aliphatic heterocycles. The number of hydrogen-bond donors (Lipinski definition) is 2. The highest BCUT2D eigenvalue weighted by molar-refractivity contribution is 7.89. The van der Waals surface area contributed by atoms with Crippen LogP contribution in [-0.4, -0.2) is 40.1 Å². The molecule has 33 heavy (non-hydrogen) atoms. The predicted octanol–water partition coefficient (Wildman–Crippen LogP) is 3.74. The number of anilines is 1. The lowest BCUT2D eigenvalue weighted by atomic mass is 10.1. The lowest BCUT2D eigenvalue weighted by molar-refractivity contribution is -0.137. The van der Waals surface area contributed by atoms with E-state index in [4.69, 9.17) is 9.47 Å². The van der Waals surface area contributed by atoms with Crippen molar-refractivity contribution in [2.24, 2.45) is 0 Å². The molecule has 1 amide bonds. The zero-order valence-corrected chi connectivity index (χ0v) is 19.5. The van der Waals surface area contributed by atoms with Gasteiger partial charge in [-0.1, -0.05) is 25.0 Å². The standard InChI is InChI=1S/C24H28N2O6S/c1-3-32-23(27)15-10-17-8-12-19(13-9-17)25-24(28)18-11-14-21(31-2)22(16-18)33(29,30)26-20-6-4-5-7-20/h8-16,20,26H,3-7H2,1-2H3,(H,25,28)/b15-10+. The van der Waals surface area contributed by atoms with E-state index in [9.17, 15) is 18.0 Å². The molecule has 3 rings (SSSR count). The van der Waals surface area contributed by atoms with Crippen molar-refractivity contribution in [1.82, 2.24) is 4.72 Å². The van der Waals surface area contributed by atoms with Crippen LogP contribution in [0.3, 0.4) is 0 Å². The fourth-order valence-electron chi connectivity index (χ4n) is 3.59. The molecule has 1 saturated carbocycles. The Morgan fingerprint density at radius 2 is 1.79 bits per heavy atom. The summed E-state index contributed by atoms with van der Waals surface area (Å²) in [7, 11) is -2.45. The number of ether oxygens (including phenoxy) is 2. The van der Waals surface area contributed by atoms with Crippen LogP contribution in [0.2, 0.25) is 0 Å². The summed E-state index contributed by atoms with van der Waals surface area (Å²) in [5.74, 6) is -0.706. The van der Waals surface area contributed by atoms with Gasteiger partial charge in [-0.25, -0.2) is 17.9 Å². The molecule has 9 heteroatoms. The van der Waals surface area contributed by atoms with E-state index >= 15 is 0 Å². The maximum absolute atomic E-state index is 12.9. The summed E-state index contributed by atoms with van der Waals surface area (Å²) < 4.78 is 38.6. The molecule has 2 aromatic carbocycles. The van der Waals surface area contributed by atoms with Gasteiger partial charge in [0.05, 0.1) is 13.7 Å². The fourth-order valence-corrected chi connectivity index (χ4v) is 5.09. The van der Waals surface area contributed by atoms with Crippen molar-refractivity contribution in [3.8, 4) is 5.75 Å². The Hall–Kier alpha value is -3.17. The Balaban J connectivity index is 1.73. The molecule has 0 atom stereocenters. The van der Waals surface area contributed by atoms with Crippen molar-refractivity contribution in [2.75, 3.05) is 19.0 Å². The van der Waals surface area contributed by atoms with Crippen LogP contribution in [0.4, 0.5) is 5.69 Å². The van der Waals surface area contributed by atoms with Gasteiger partial charge in [0, 0.05) is 23.4 Å². The van der Waals surface area contributed by atoms with Gasteiger partial charge in [-0.05, 0) is 61.7 Å². The molecule has 176 valence electrons. The molecule has 8 nitrogen and oxygen atoms in total. The number of amides is 1. The average molecular weight is 473 g/mol. The van der Waals surface area contributed by atoms with Crippen LogP contribution < -0.4 is 14.8 Å². The first-order chi connectivity index (χ1) is 15.8. The summed E-state index contributed by atoms with van der Waals surface area (Å²) in [4.78, 5) is 24.1. The molecule has 0 saturated heterocycles. The maximum Gasteiger partial charge on any atom is 0.330 e. The molecule has 0 radical (unpaired) electrons. The minimum Gasteiger partial charge on any atom is -0.495 e. The summed E-state index contributed by atoms with van der Waals surface area (Å²) in [6.45, 7) is 2.04. The molecule has 1 aliphatic rings. The molecule has 1 fully saturated rings. The lowest BCUT2D eigenvalue weighted by Crippen LogP contribution is -2.33. The Kier molecular flexibility index (Phi) is 8.24. The third-order valence-corrected chi connectivity index (χ3v) is 6.80. The Morgan fingerprint density at radius 1 is 1.09 bits per heavy atom. The van der Waals surface area contributed by atoms with E-state index in [0.29, 0.717) is 12.3 Å². The first-order valence-corrected chi connectivity index (χ1v) is 12.3. The summed E-state index contributed by atoms with van der Waals surface area (Å²) in [6, 6.07) is 11.1. The van der Waals surface area contributed by atoms with E-state index in [1.807, 2.05) is 0 Å². The molecule has 0 aromatic heterocycles. The number of hydrogen-bond acceptors (Lipinski definition) is 6. The molecular formula is C24H28N2O6S. The van der Waals surface area contributed by atoms with E-state index in [0.717, 1.165) is 31.2 Å². The zero-order valence-electron chi connectivity index (χ0n) is 18.7. The number of benzene rings is 2. The van der Waals surface area contributed by atoms with E-state index in [-0.39, 0.29) is 22.3 Å². The summed E-state index contributed by atoms with van der Waals surface area (Å²) in [5.41, 5.74) is 1.48. The maximum atomic E-state index is 12.9. The highest BCUT2D eigenvalue weighted by atomic mass is 32.2. The minimum absolute atomic E-state index is 0.0657. The topological polar surface area (TPSA) is 111 Å². The minimum atomic E-state index is -3.84. The van der Waals surface area contributed by atoms with Crippen molar-refractivity contribution in [3.63, 3.8) is 0 Å². The van der Waals surface area contributed by atoms with Crippen molar-refractivity contribution >= 4 is 33.7 Å². The van der Waals surface area contributed by atoms with Crippen molar-refractivity contribution in [3.05, 3.63) is 59.7 Å². The third kappa shape index (κ3) is 6.66. The molecule has 0 unspecified atom stereocenters. The third-order valence-electron chi connectivity index (χ3n) is 5.26. The quantitative estimate of drug-likeness (QED) is 0.425. The average Bonchev–Trinajstić information content (AvgIpc) is 3.30. The molecule has 0 spiro atoms. The second-order valence-electron chi connectivity index (χ2n) is 7.63. The first kappa shape index (κ1) is 24.5. The highest BCUT2D eigenvalue weighted by Gasteiger charge is 2.26. The van der Waals surface area contributed by atoms with Crippen LogP contribution in [0.15, 0.2) is 53.4 Å². The molecule has 0 bridgehead atoms. The smallest absolute Gasteiger partial charge is 0.330 e. The fraction of sp³-hybridized carbons (Fsp3) is 0.333. The Labute approximate surface area is 194 Å². The largest absolute Gasteiger partial charge is 0.495 e. The second-order valence-corrected chi connectivity index (χ2v) is 9.31. The number of rotatable bonds is 9. The Bertz CT molecular complexity index is 1120. The number of carbonyl (C=O) groups is 2. The van der Waals surface area contributed by atoms with Crippen LogP contribution >= 0.6 is 0 Å². The molecule has 2 aromatic rings. The van der Waals surface area contributed by atoms with Gasteiger partial charge in [-0.2, -0.15) is 0 Å². The first-order valence-electron chi connectivity index (χ1n) is 10.8. The second kappa shape index (κ2) is 11.1. The number of carbonyl (C=O) groups excluding carboxylic acids is 2. The SMILES string of the molecule is CCOC(=O)/C=C/c1ccc(NC(=O)c2ccc(OC)c(S(=O)(=O)NC3CCCC3)c2)cc1. The Morgan fingerprint density at radius 3 is 2.42 bits per heavy atom. The summed E-state index contributed by atoms with van der Waals surface area (Å²) in [5, 5.41) is 2.75. The zero-order chi connectivity index (χ0) is 23.8. The molecular weight excluding hydrogens is 444 g/mol. The van der Waals surface area contributed by atoms with E-state index in [1.165, 1.54) is 31.4 Å². The monoisotopic (exact) mass is 472 g/mol. The highest BCUT2D eigenvalue weighted by Crippen LogP contribution is 2.27. The van der Waals surface area contributed by atoms with Crippen LogP contribution in [0.5, 0.6) is 5.75 Å². The molecule has 2 N–H and O–H groups in total. The number of methoxy groups -OCH3 is 1. The van der Waals surface area contributed by atoms with Crippen molar-refractivity contribution < 1.29 is 27.5 Å². The number of esters is 1.